The summed E-state index contributed by atoms with van der Waals surface area (Å²) in [4.78, 5) is 17.0. The molecule has 0 aliphatic heterocycles. The maximum Gasteiger partial charge on any atom is 0.417 e. The van der Waals surface area contributed by atoms with Crippen molar-refractivity contribution in [1.29, 1.82) is 5.26 Å². The van der Waals surface area contributed by atoms with Gasteiger partial charge in [0.2, 0.25) is 5.88 Å². The molecule has 1 N–H and O–H groups in total. The second-order valence-electron chi connectivity index (χ2n) is 9.35. The van der Waals surface area contributed by atoms with Gasteiger partial charge in [-0.05, 0) is 69.5 Å². The van der Waals surface area contributed by atoms with Crippen LogP contribution in [0.1, 0.15) is 55.9 Å². The molecule has 1 amide bonds. The Balaban J connectivity index is 1.83. The van der Waals surface area contributed by atoms with E-state index in [4.69, 9.17) is 9.47 Å². The van der Waals surface area contributed by atoms with Crippen LogP contribution in [0.3, 0.4) is 0 Å². The van der Waals surface area contributed by atoms with Crippen LogP contribution in [0.15, 0.2) is 66.9 Å². The molecular formula is C29H30F3N3O3. The summed E-state index contributed by atoms with van der Waals surface area (Å²) < 4.78 is 50.0. The Kier molecular flexibility index (Phi) is 9.00. The highest BCUT2D eigenvalue weighted by molar-refractivity contribution is 5.85. The zero-order chi connectivity index (χ0) is 27.9. The van der Waals surface area contributed by atoms with Crippen molar-refractivity contribution in [2.75, 3.05) is 6.61 Å². The van der Waals surface area contributed by atoms with E-state index in [2.05, 4.69) is 16.4 Å². The molecule has 3 rings (SSSR count). The molecule has 2 aromatic carbocycles. The third kappa shape index (κ3) is 7.25. The summed E-state index contributed by atoms with van der Waals surface area (Å²) in [6.07, 6.45) is -3.33. The predicted octanol–water partition coefficient (Wildman–Crippen LogP) is 6.06. The predicted molar refractivity (Wildman–Crippen MR) is 137 cm³/mol. The maximum atomic E-state index is 13.3. The van der Waals surface area contributed by atoms with Gasteiger partial charge in [-0.15, -0.1) is 0 Å². The molecule has 2 atom stereocenters. The average Bonchev–Trinajstić information content (AvgIpc) is 2.87. The third-order valence-corrected chi connectivity index (χ3v) is 6.09. The highest BCUT2D eigenvalue weighted by Gasteiger charge is 2.35. The van der Waals surface area contributed by atoms with E-state index >= 15 is 0 Å². The van der Waals surface area contributed by atoms with Crippen LogP contribution in [0, 0.1) is 11.3 Å². The highest BCUT2D eigenvalue weighted by Crippen LogP contribution is 2.31. The van der Waals surface area contributed by atoms with Gasteiger partial charge < -0.3 is 14.8 Å². The van der Waals surface area contributed by atoms with Gasteiger partial charge in [-0.25, -0.2) is 4.98 Å². The quantitative estimate of drug-likeness (QED) is 0.348. The van der Waals surface area contributed by atoms with Gasteiger partial charge in [-0.1, -0.05) is 30.3 Å². The number of amides is 1. The van der Waals surface area contributed by atoms with Crippen molar-refractivity contribution in [3.05, 3.63) is 89.1 Å². The molecule has 0 bridgehead atoms. The number of carbonyl (C=O) groups is 1. The van der Waals surface area contributed by atoms with E-state index in [9.17, 15) is 23.2 Å². The molecule has 0 fully saturated rings. The van der Waals surface area contributed by atoms with Gasteiger partial charge in [-0.2, -0.15) is 18.4 Å². The SMILES string of the molecule is CCOc1ccccc1CC(c1cccc(C#N)c1)C(C)NC(=O)C(C)(C)Oc1ccc(C(F)(F)F)cn1. The van der Waals surface area contributed by atoms with E-state index in [0.717, 1.165) is 29.0 Å². The molecule has 0 radical (unpaired) electrons. The number of pyridine rings is 1. The van der Waals surface area contributed by atoms with E-state index in [0.29, 0.717) is 24.8 Å². The number of nitriles is 1. The summed E-state index contributed by atoms with van der Waals surface area (Å²) >= 11 is 0. The number of alkyl halides is 3. The fraction of sp³-hybridized carbons (Fsp3) is 0.345. The Morgan fingerprint density at radius 1 is 1.11 bits per heavy atom. The fourth-order valence-electron chi connectivity index (χ4n) is 4.03. The van der Waals surface area contributed by atoms with Crippen molar-refractivity contribution < 1.29 is 27.4 Å². The Labute approximate surface area is 220 Å². The number of nitrogens with zero attached hydrogens (tertiary/aromatic N) is 2. The fourth-order valence-corrected chi connectivity index (χ4v) is 4.03. The number of rotatable bonds is 10. The molecule has 0 saturated heterocycles. The van der Waals surface area contributed by atoms with Crippen LogP contribution in [0.5, 0.6) is 11.6 Å². The van der Waals surface area contributed by atoms with E-state index in [1.54, 1.807) is 18.2 Å². The number of hydrogen-bond acceptors (Lipinski definition) is 5. The molecule has 0 aliphatic carbocycles. The zero-order valence-electron chi connectivity index (χ0n) is 21.7. The lowest BCUT2D eigenvalue weighted by atomic mass is 9.85. The number of carbonyl (C=O) groups excluding carboxylic acids is 1. The minimum Gasteiger partial charge on any atom is -0.494 e. The Hall–Kier alpha value is -4.06. The average molecular weight is 526 g/mol. The van der Waals surface area contributed by atoms with Gasteiger partial charge in [0.25, 0.3) is 5.91 Å². The van der Waals surface area contributed by atoms with E-state index in [-0.39, 0.29) is 11.8 Å². The van der Waals surface area contributed by atoms with Gasteiger partial charge in [0, 0.05) is 24.2 Å². The first-order valence-corrected chi connectivity index (χ1v) is 12.2. The Morgan fingerprint density at radius 3 is 2.47 bits per heavy atom. The van der Waals surface area contributed by atoms with Gasteiger partial charge >= 0.3 is 6.18 Å². The standard InChI is InChI=1S/C29H30F3N3O3/c1-5-37-25-12-7-6-10-22(25)16-24(21-11-8-9-20(15-21)17-33)19(2)35-27(36)28(3,4)38-26-14-13-23(18-34-26)29(30,31)32/h6-15,18-19,24H,5,16H2,1-4H3,(H,35,36). The Bertz CT molecular complexity index is 1280. The number of benzene rings is 2. The van der Waals surface area contributed by atoms with E-state index < -0.39 is 29.3 Å². The molecule has 2 unspecified atom stereocenters. The number of aromatic nitrogens is 1. The van der Waals surface area contributed by atoms with Crippen molar-refractivity contribution in [1.82, 2.24) is 10.3 Å². The molecule has 6 nitrogen and oxygen atoms in total. The largest absolute Gasteiger partial charge is 0.494 e. The lowest BCUT2D eigenvalue weighted by Crippen LogP contribution is -2.51. The summed E-state index contributed by atoms with van der Waals surface area (Å²) in [6, 6.07) is 18.6. The van der Waals surface area contributed by atoms with Crippen LogP contribution in [0.4, 0.5) is 13.2 Å². The smallest absolute Gasteiger partial charge is 0.417 e. The number of nitrogens with one attached hydrogen (secondary N) is 1. The summed E-state index contributed by atoms with van der Waals surface area (Å²) in [5.41, 5.74) is -0.0150. The van der Waals surface area contributed by atoms with Crippen molar-refractivity contribution >= 4 is 5.91 Å². The molecule has 0 spiro atoms. The first-order valence-electron chi connectivity index (χ1n) is 12.2. The van der Waals surface area contributed by atoms with Crippen LogP contribution in [-0.4, -0.2) is 29.1 Å². The lowest BCUT2D eigenvalue weighted by Gasteiger charge is -2.31. The van der Waals surface area contributed by atoms with E-state index in [1.165, 1.54) is 13.8 Å². The second-order valence-corrected chi connectivity index (χ2v) is 9.35. The molecular weight excluding hydrogens is 495 g/mol. The molecule has 3 aromatic rings. The molecule has 200 valence electrons. The van der Waals surface area contributed by atoms with Gasteiger partial charge in [0.1, 0.15) is 5.75 Å². The van der Waals surface area contributed by atoms with Crippen LogP contribution < -0.4 is 14.8 Å². The van der Waals surface area contributed by atoms with Crippen molar-refractivity contribution in [2.45, 2.75) is 57.9 Å². The minimum atomic E-state index is -4.52. The van der Waals surface area contributed by atoms with Gasteiger partial charge in [-0.3, -0.25) is 4.79 Å². The van der Waals surface area contributed by atoms with Crippen LogP contribution in [0.25, 0.3) is 0 Å². The monoisotopic (exact) mass is 525 g/mol. The molecule has 38 heavy (non-hydrogen) atoms. The van der Waals surface area contributed by atoms with Gasteiger partial charge in [0.05, 0.1) is 23.8 Å². The van der Waals surface area contributed by atoms with Crippen LogP contribution in [-0.2, 0) is 17.4 Å². The summed E-state index contributed by atoms with van der Waals surface area (Å²) in [5.74, 6) is -0.0539. The van der Waals surface area contributed by atoms with Crippen molar-refractivity contribution in [3.63, 3.8) is 0 Å². The number of halogens is 3. The minimum absolute atomic E-state index is 0.102. The van der Waals surface area contributed by atoms with Crippen LogP contribution >= 0.6 is 0 Å². The van der Waals surface area contributed by atoms with E-state index in [1.807, 2.05) is 44.2 Å². The summed E-state index contributed by atoms with van der Waals surface area (Å²) in [6.45, 7) is 7.30. The molecule has 0 saturated carbocycles. The van der Waals surface area contributed by atoms with Crippen molar-refractivity contribution in [3.8, 4) is 17.7 Å². The van der Waals surface area contributed by atoms with Gasteiger partial charge in [0.15, 0.2) is 5.60 Å². The van der Waals surface area contributed by atoms with Crippen molar-refractivity contribution in [2.24, 2.45) is 0 Å². The number of ether oxygens (including phenoxy) is 2. The second kappa shape index (κ2) is 12.0. The highest BCUT2D eigenvalue weighted by atomic mass is 19.4. The zero-order valence-corrected chi connectivity index (χ0v) is 21.7. The van der Waals surface area contributed by atoms with Crippen LogP contribution in [0.2, 0.25) is 0 Å². The first-order chi connectivity index (χ1) is 17.9. The molecule has 9 heteroatoms. The maximum absolute atomic E-state index is 13.3. The molecule has 0 aliphatic rings. The first kappa shape index (κ1) is 28.5. The molecule has 1 heterocycles. The normalized spacial score (nSPS) is 13.2. The lowest BCUT2D eigenvalue weighted by molar-refractivity contribution is -0.138. The number of para-hydroxylation sites is 1. The molecule has 1 aromatic heterocycles. The third-order valence-electron chi connectivity index (χ3n) is 6.09. The topological polar surface area (TPSA) is 84.2 Å². The summed E-state index contributed by atoms with van der Waals surface area (Å²) in [7, 11) is 0. The number of hydrogen-bond donors (Lipinski definition) is 1. The summed E-state index contributed by atoms with van der Waals surface area (Å²) in [5, 5.41) is 12.4. The Morgan fingerprint density at radius 2 is 1.84 bits per heavy atom.